The van der Waals surface area contributed by atoms with Crippen LogP contribution < -0.4 is 9.47 Å². The highest BCUT2D eigenvalue weighted by Crippen LogP contribution is 2.40. The van der Waals surface area contributed by atoms with Gasteiger partial charge in [-0.15, -0.1) is 47.9 Å². The van der Waals surface area contributed by atoms with Gasteiger partial charge in [-0.1, -0.05) is 6.07 Å². The van der Waals surface area contributed by atoms with E-state index >= 15 is 0 Å². The number of nitrogens with zero attached hydrogens (tertiary/aromatic N) is 2. The minimum Gasteiger partial charge on any atom is -0.497 e. The number of aliphatic hydroxyl groups is 1. The van der Waals surface area contributed by atoms with Gasteiger partial charge in [0.15, 0.2) is 0 Å². The van der Waals surface area contributed by atoms with Gasteiger partial charge in [0, 0.05) is 42.9 Å². The number of benzene rings is 1. The van der Waals surface area contributed by atoms with Crippen LogP contribution in [0.3, 0.4) is 0 Å². The highest BCUT2D eigenvalue weighted by Gasteiger charge is 2.27. The SMILES string of the molecule is COc1ccc2c(c1)SC(CCCN1CCN(Cc3cccs3)CC1)C(O)CO2.Cl.Cl. The smallest absolute Gasteiger partial charge is 0.133 e. The van der Waals surface area contributed by atoms with Gasteiger partial charge in [-0.3, -0.25) is 4.90 Å². The number of halogens is 2. The zero-order valence-corrected chi connectivity index (χ0v) is 21.0. The van der Waals surface area contributed by atoms with Gasteiger partial charge in [0.05, 0.1) is 12.0 Å². The lowest BCUT2D eigenvalue weighted by Gasteiger charge is -2.34. The largest absolute Gasteiger partial charge is 0.497 e. The molecule has 174 valence electrons. The van der Waals surface area contributed by atoms with E-state index in [1.54, 1.807) is 18.9 Å². The number of fused-ring (bicyclic) bond motifs is 1. The first-order chi connectivity index (χ1) is 14.2. The summed E-state index contributed by atoms with van der Waals surface area (Å²) >= 11 is 3.57. The van der Waals surface area contributed by atoms with Crippen LogP contribution in [-0.2, 0) is 6.54 Å². The molecule has 2 aliphatic heterocycles. The Morgan fingerprint density at radius 1 is 1.13 bits per heavy atom. The first-order valence-corrected chi connectivity index (χ1v) is 12.1. The van der Waals surface area contributed by atoms with Crippen molar-refractivity contribution in [2.45, 2.75) is 35.6 Å². The third-order valence-corrected chi connectivity index (χ3v) is 7.94. The van der Waals surface area contributed by atoms with E-state index in [1.807, 2.05) is 29.5 Å². The summed E-state index contributed by atoms with van der Waals surface area (Å²) in [5.41, 5.74) is 0. The van der Waals surface area contributed by atoms with Crippen LogP contribution in [0.2, 0.25) is 0 Å². The molecule has 0 spiro atoms. The Morgan fingerprint density at radius 3 is 2.61 bits per heavy atom. The predicted octanol–water partition coefficient (Wildman–Crippen LogP) is 4.41. The van der Waals surface area contributed by atoms with Gasteiger partial charge in [0.25, 0.3) is 0 Å². The predicted molar refractivity (Wildman–Crippen MR) is 134 cm³/mol. The fourth-order valence-electron chi connectivity index (χ4n) is 3.91. The molecule has 2 atom stereocenters. The third-order valence-electron chi connectivity index (χ3n) is 5.66. The van der Waals surface area contributed by atoms with E-state index in [4.69, 9.17) is 9.47 Å². The second-order valence-corrected chi connectivity index (χ2v) is 10.00. The molecule has 1 aromatic heterocycles. The first-order valence-electron chi connectivity index (χ1n) is 10.3. The molecular weight excluding hydrogens is 475 g/mol. The molecule has 3 heterocycles. The standard InChI is InChI=1S/C22H30N2O3S2.2ClH/c1-26-17-6-7-20-22(14-17)29-21(19(25)16-27-20)5-2-8-23-9-11-24(12-10-23)15-18-4-3-13-28-18;;/h3-4,6-7,13-14,19,21,25H,2,5,8-12,15-16H2,1H3;2*1H. The molecule has 31 heavy (non-hydrogen) atoms. The van der Waals surface area contributed by atoms with E-state index < -0.39 is 6.10 Å². The highest BCUT2D eigenvalue weighted by atomic mass is 35.5. The monoisotopic (exact) mass is 506 g/mol. The van der Waals surface area contributed by atoms with Gasteiger partial charge in [-0.05, 0) is 49.0 Å². The summed E-state index contributed by atoms with van der Waals surface area (Å²) in [4.78, 5) is 7.63. The van der Waals surface area contributed by atoms with E-state index in [9.17, 15) is 5.11 Å². The molecule has 5 nitrogen and oxygen atoms in total. The lowest BCUT2D eigenvalue weighted by atomic mass is 10.1. The molecule has 0 saturated carbocycles. The summed E-state index contributed by atoms with van der Waals surface area (Å²) in [7, 11) is 1.68. The lowest BCUT2D eigenvalue weighted by molar-refractivity contribution is 0.0998. The van der Waals surface area contributed by atoms with Gasteiger partial charge in [-0.2, -0.15) is 0 Å². The van der Waals surface area contributed by atoms with Crippen molar-refractivity contribution in [1.29, 1.82) is 0 Å². The minimum absolute atomic E-state index is 0. The number of aliphatic hydroxyl groups excluding tert-OH is 1. The number of thioether (sulfide) groups is 1. The maximum absolute atomic E-state index is 10.5. The van der Waals surface area contributed by atoms with Crippen molar-refractivity contribution >= 4 is 47.9 Å². The average Bonchev–Trinajstić information content (AvgIpc) is 3.20. The summed E-state index contributed by atoms with van der Waals surface area (Å²) in [6.07, 6.45) is 1.64. The van der Waals surface area contributed by atoms with E-state index in [-0.39, 0.29) is 30.1 Å². The van der Waals surface area contributed by atoms with E-state index in [0.29, 0.717) is 6.61 Å². The van der Waals surface area contributed by atoms with Crippen molar-refractivity contribution in [3.8, 4) is 11.5 Å². The maximum Gasteiger partial charge on any atom is 0.133 e. The molecule has 0 aliphatic carbocycles. The van der Waals surface area contributed by atoms with Gasteiger partial charge in [0.1, 0.15) is 24.2 Å². The fourth-order valence-corrected chi connectivity index (χ4v) is 5.93. The molecule has 0 bridgehead atoms. The Kier molecular flexibility index (Phi) is 11.3. The van der Waals surface area contributed by atoms with E-state index in [1.165, 1.54) is 4.88 Å². The topological polar surface area (TPSA) is 45.2 Å². The average molecular weight is 508 g/mol. The van der Waals surface area contributed by atoms with Crippen molar-refractivity contribution < 1.29 is 14.6 Å². The molecule has 9 heteroatoms. The number of hydrogen-bond acceptors (Lipinski definition) is 7. The summed E-state index contributed by atoms with van der Waals surface area (Å²) in [6, 6.07) is 10.2. The molecular formula is C22H32Cl2N2O3S2. The van der Waals surface area contributed by atoms with Crippen LogP contribution in [0.5, 0.6) is 11.5 Å². The van der Waals surface area contributed by atoms with Crippen LogP contribution in [0, 0.1) is 0 Å². The molecule has 2 aromatic rings. The Bertz CT molecular complexity index is 774. The maximum atomic E-state index is 10.5. The third kappa shape index (κ3) is 7.42. The van der Waals surface area contributed by atoms with Crippen LogP contribution in [0.15, 0.2) is 40.6 Å². The Balaban J connectivity index is 0.00000171. The molecule has 1 aromatic carbocycles. The lowest BCUT2D eigenvalue weighted by Crippen LogP contribution is -2.46. The van der Waals surface area contributed by atoms with Gasteiger partial charge >= 0.3 is 0 Å². The molecule has 1 saturated heterocycles. The highest BCUT2D eigenvalue weighted by molar-refractivity contribution is 8.00. The van der Waals surface area contributed by atoms with Crippen LogP contribution in [0.4, 0.5) is 0 Å². The summed E-state index contributed by atoms with van der Waals surface area (Å²) in [6.45, 7) is 7.09. The van der Waals surface area contributed by atoms with Crippen LogP contribution >= 0.6 is 47.9 Å². The van der Waals surface area contributed by atoms with Gasteiger partial charge < -0.3 is 19.5 Å². The fraction of sp³-hybridized carbons (Fsp3) is 0.545. The Hall–Kier alpha value is -0.670. The zero-order valence-electron chi connectivity index (χ0n) is 17.8. The molecule has 0 amide bonds. The molecule has 0 radical (unpaired) electrons. The summed E-state index contributed by atoms with van der Waals surface area (Å²) in [5.74, 6) is 1.68. The zero-order chi connectivity index (χ0) is 20.1. The number of thiophene rings is 1. The molecule has 1 fully saturated rings. The van der Waals surface area contributed by atoms with Crippen molar-refractivity contribution in [3.63, 3.8) is 0 Å². The number of rotatable bonds is 7. The first kappa shape index (κ1) is 26.6. The van der Waals surface area contributed by atoms with Gasteiger partial charge in [-0.25, -0.2) is 0 Å². The second kappa shape index (κ2) is 13.1. The molecule has 1 N–H and O–H groups in total. The van der Waals surface area contributed by atoms with Crippen molar-refractivity contribution in [3.05, 3.63) is 40.6 Å². The second-order valence-electron chi connectivity index (χ2n) is 7.69. The summed E-state index contributed by atoms with van der Waals surface area (Å²) < 4.78 is 11.1. The normalized spacial score (nSPS) is 21.7. The van der Waals surface area contributed by atoms with E-state index in [2.05, 4.69) is 27.3 Å². The number of hydrogen-bond donors (Lipinski definition) is 1. The Labute approximate surface area is 205 Å². The van der Waals surface area contributed by atoms with Gasteiger partial charge in [0.2, 0.25) is 0 Å². The van der Waals surface area contributed by atoms with E-state index in [0.717, 1.165) is 68.5 Å². The molecule has 4 rings (SSSR count). The number of ether oxygens (including phenoxy) is 2. The van der Waals surface area contributed by atoms with Crippen molar-refractivity contribution in [1.82, 2.24) is 9.80 Å². The van der Waals surface area contributed by atoms with Crippen LogP contribution in [0.25, 0.3) is 0 Å². The molecule has 2 aliphatic rings. The van der Waals surface area contributed by atoms with Crippen LogP contribution in [0.1, 0.15) is 17.7 Å². The molecule has 2 unspecified atom stereocenters. The Morgan fingerprint density at radius 2 is 1.90 bits per heavy atom. The number of methoxy groups -OCH3 is 1. The van der Waals surface area contributed by atoms with Crippen LogP contribution in [-0.4, -0.2) is 72.7 Å². The number of piperazine rings is 1. The summed E-state index contributed by atoms with van der Waals surface area (Å²) in [5, 5.41) is 12.9. The van der Waals surface area contributed by atoms with Crippen molar-refractivity contribution in [2.24, 2.45) is 0 Å². The quantitative estimate of drug-likeness (QED) is 0.599. The van der Waals surface area contributed by atoms with Crippen molar-refractivity contribution in [2.75, 3.05) is 46.4 Å². The minimum atomic E-state index is -0.443.